The molecule has 2 aromatic rings. The first kappa shape index (κ1) is 14.4. The summed E-state index contributed by atoms with van der Waals surface area (Å²) in [7, 11) is -2.90. The summed E-state index contributed by atoms with van der Waals surface area (Å²) < 4.78 is 22.7. The van der Waals surface area contributed by atoms with Gasteiger partial charge in [0.05, 0.1) is 5.75 Å². The van der Waals surface area contributed by atoms with Gasteiger partial charge in [0.15, 0.2) is 9.84 Å². The van der Waals surface area contributed by atoms with Gasteiger partial charge in [-0.1, -0.05) is 24.6 Å². The second kappa shape index (κ2) is 5.94. The number of aromatic amines is 1. The fraction of sp³-hybridized carbons (Fsp3) is 0.385. The largest absolute Gasteiger partial charge is 0.361 e. The van der Waals surface area contributed by atoms with Crippen molar-refractivity contribution < 1.29 is 8.42 Å². The Morgan fingerprint density at radius 3 is 2.89 bits per heavy atom. The van der Waals surface area contributed by atoms with Crippen LogP contribution < -0.4 is 5.32 Å². The van der Waals surface area contributed by atoms with Crippen LogP contribution in [0.4, 0.5) is 0 Å². The van der Waals surface area contributed by atoms with Gasteiger partial charge < -0.3 is 10.3 Å². The highest BCUT2D eigenvalue weighted by molar-refractivity contribution is 7.91. The quantitative estimate of drug-likeness (QED) is 0.805. The van der Waals surface area contributed by atoms with Crippen LogP contribution in [0.25, 0.3) is 10.9 Å². The number of sulfone groups is 1. The molecular formula is C13H17ClN2O2S. The Morgan fingerprint density at radius 2 is 2.16 bits per heavy atom. The van der Waals surface area contributed by atoms with E-state index in [0.717, 1.165) is 16.5 Å². The van der Waals surface area contributed by atoms with Crippen molar-refractivity contribution >= 4 is 32.3 Å². The molecule has 0 aliphatic rings. The number of fused-ring (bicyclic) bond motifs is 1. The van der Waals surface area contributed by atoms with Crippen LogP contribution in [0.5, 0.6) is 0 Å². The molecule has 0 unspecified atom stereocenters. The van der Waals surface area contributed by atoms with Crippen LogP contribution in [0.1, 0.15) is 12.5 Å². The van der Waals surface area contributed by atoms with Crippen LogP contribution in [-0.2, 0) is 16.4 Å². The number of halogens is 1. The molecule has 1 aromatic heterocycles. The summed E-state index contributed by atoms with van der Waals surface area (Å²) in [6.07, 6.45) is 1.92. The van der Waals surface area contributed by atoms with Crippen molar-refractivity contribution in [2.45, 2.75) is 13.5 Å². The molecule has 0 saturated carbocycles. The highest BCUT2D eigenvalue weighted by atomic mass is 35.5. The molecule has 0 spiro atoms. The van der Waals surface area contributed by atoms with E-state index in [0.29, 0.717) is 18.1 Å². The highest BCUT2D eigenvalue weighted by Crippen LogP contribution is 2.21. The number of H-pyrrole nitrogens is 1. The molecule has 6 heteroatoms. The van der Waals surface area contributed by atoms with Gasteiger partial charge in [-0.15, -0.1) is 0 Å². The lowest BCUT2D eigenvalue weighted by molar-refractivity contribution is 0.592. The van der Waals surface area contributed by atoms with Crippen molar-refractivity contribution in [2.24, 2.45) is 0 Å². The van der Waals surface area contributed by atoms with Crippen molar-refractivity contribution in [3.63, 3.8) is 0 Å². The molecule has 1 heterocycles. The van der Waals surface area contributed by atoms with Crippen molar-refractivity contribution in [1.82, 2.24) is 10.3 Å². The zero-order valence-electron chi connectivity index (χ0n) is 10.7. The topological polar surface area (TPSA) is 62.0 Å². The zero-order valence-corrected chi connectivity index (χ0v) is 12.3. The van der Waals surface area contributed by atoms with E-state index in [1.54, 1.807) is 6.92 Å². The minimum absolute atomic E-state index is 0.178. The Labute approximate surface area is 118 Å². The van der Waals surface area contributed by atoms with Gasteiger partial charge in [-0.25, -0.2) is 8.42 Å². The average molecular weight is 301 g/mol. The zero-order chi connectivity index (χ0) is 13.9. The molecule has 0 atom stereocenters. The normalized spacial score (nSPS) is 12.1. The minimum Gasteiger partial charge on any atom is -0.361 e. The summed E-state index contributed by atoms with van der Waals surface area (Å²) in [6, 6.07) is 5.69. The van der Waals surface area contributed by atoms with E-state index in [9.17, 15) is 8.42 Å². The van der Waals surface area contributed by atoms with Crippen LogP contribution in [0, 0.1) is 0 Å². The lowest BCUT2D eigenvalue weighted by Gasteiger charge is -2.04. The standard InChI is InChI=1S/C13H17ClN2O2S/c1-2-19(17,18)6-5-15-8-10-9-16-13-7-11(14)3-4-12(10)13/h3-4,7,9,15-16H,2,5-6,8H2,1H3. The SMILES string of the molecule is CCS(=O)(=O)CCNCc1c[nH]c2cc(Cl)ccc12. The molecule has 2 N–H and O–H groups in total. The Kier molecular flexibility index (Phi) is 4.50. The van der Waals surface area contributed by atoms with Crippen LogP contribution in [-0.4, -0.2) is 31.5 Å². The van der Waals surface area contributed by atoms with Crippen LogP contribution >= 0.6 is 11.6 Å². The molecule has 19 heavy (non-hydrogen) atoms. The molecule has 0 fully saturated rings. The van der Waals surface area contributed by atoms with E-state index in [1.807, 2.05) is 24.4 Å². The Balaban J connectivity index is 1.95. The summed E-state index contributed by atoms with van der Waals surface area (Å²) in [5.74, 6) is 0.373. The van der Waals surface area contributed by atoms with Crippen LogP contribution in [0.2, 0.25) is 5.02 Å². The van der Waals surface area contributed by atoms with E-state index in [-0.39, 0.29) is 11.5 Å². The van der Waals surface area contributed by atoms with E-state index < -0.39 is 9.84 Å². The molecular weight excluding hydrogens is 284 g/mol. The smallest absolute Gasteiger partial charge is 0.151 e. The van der Waals surface area contributed by atoms with E-state index in [2.05, 4.69) is 10.3 Å². The van der Waals surface area contributed by atoms with Gasteiger partial charge in [0.25, 0.3) is 0 Å². The molecule has 2 rings (SSSR count). The molecule has 0 amide bonds. The van der Waals surface area contributed by atoms with Gasteiger partial charge in [0, 0.05) is 41.0 Å². The van der Waals surface area contributed by atoms with Crippen molar-refractivity contribution in [3.05, 3.63) is 35.0 Å². The predicted molar refractivity (Wildman–Crippen MR) is 79.3 cm³/mol. The second-order valence-corrected chi connectivity index (χ2v) is 7.33. The maximum atomic E-state index is 11.3. The van der Waals surface area contributed by atoms with E-state index in [4.69, 9.17) is 11.6 Å². The Hall–Kier alpha value is -1.04. The molecule has 0 radical (unpaired) electrons. The van der Waals surface area contributed by atoms with Gasteiger partial charge in [-0.3, -0.25) is 0 Å². The molecule has 104 valence electrons. The number of aromatic nitrogens is 1. The molecule has 0 bridgehead atoms. The molecule has 4 nitrogen and oxygen atoms in total. The Bertz CT molecular complexity index is 664. The van der Waals surface area contributed by atoms with Crippen molar-refractivity contribution in [2.75, 3.05) is 18.1 Å². The molecule has 0 aliphatic heterocycles. The van der Waals surface area contributed by atoms with Crippen LogP contribution in [0.15, 0.2) is 24.4 Å². The predicted octanol–water partition coefficient (Wildman–Crippen LogP) is 2.35. The number of nitrogens with one attached hydrogen (secondary N) is 2. The summed E-state index contributed by atoms with van der Waals surface area (Å²) in [5, 5.41) is 4.96. The lowest BCUT2D eigenvalue weighted by Crippen LogP contribution is -2.23. The van der Waals surface area contributed by atoms with E-state index in [1.165, 1.54) is 0 Å². The third-order valence-electron chi connectivity index (χ3n) is 3.07. The summed E-state index contributed by atoms with van der Waals surface area (Å²) in [4.78, 5) is 3.15. The summed E-state index contributed by atoms with van der Waals surface area (Å²) in [6.45, 7) is 2.77. The lowest BCUT2D eigenvalue weighted by atomic mass is 10.2. The third-order valence-corrected chi connectivity index (χ3v) is 5.02. The second-order valence-electron chi connectivity index (χ2n) is 4.42. The van der Waals surface area contributed by atoms with E-state index >= 15 is 0 Å². The van der Waals surface area contributed by atoms with Gasteiger partial charge >= 0.3 is 0 Å². The first-order chi connectivity index (χ1) is 9.02. The fourth-order valence-corrected chi connectivity index (χ4v) is 2.82. The summed E-state index contributed by atoms with van der Waals surface area (Å²) >= 11 is 5.92. The maximum Gasteiger partial charge on any atom is 0.151 e. The van der Waals surface area contributed by atoms with Crippen molar-refractivity contribution in [1.29, 1.82) is 0 Å². The van der Waals surface area contributed by atoms with Gasteiger partial charge in [-0.2, -0.15) is 0 Å². The van der Waals surface area contributed by atoms with Gasteiger partial charge in [0.2, 0.25) is 0 Å². The number of hydrogen-bond donors (Lipinski definition) is 2. The highest BCUT2D eigenvalue weighted by Gasteiger charge is 2.07. The van der Waals surface area contributed by atoms with Gasteiger partial charge in [-0.05, 0) is 17.7 Å². The summed E-state index contributed by atoms with van der Waals surface area (Å²) in [5.41, 5.74) is 2.10. The maximum absolute atomic E-state index is 11.3. The first-order valence-corrected chi connectivity index (χ1v) is 8.38. The number of benzene rings is 1. The molecule has 1 aromatic carbocycles. The molecule has 0 aliphatic carbocycles. The Morgan fingerprint density at radius 1 is 1.37 bits per heavy atom. The minimum atomic E-state index is -2.90. The number of rotatable bonds is 6. The molecule has 0 saturated heterocycles. The average Bonchev–Trinajstić information content (AvgIpc) is 2.77. The fourth-order valence-electron chi connectivity index (χ4n) is 1.90. The first-order valence-electron chi connectivity index (χ1n) is 6.18. The van der Waals surface area contributed by atoms with Crippen molar-refractivity contribution in [3.8, 4) is 0 Å². The van der Waals surface area contributed by atoms with Crippen LogP contribution in [0.3, 0.4) is 0 Å². The monoisotopic (exact) mass is 300 g/mol. The van der Waals surface area contributed by atoms with Gasteiger partial charge in [0.1, 0.15) is 0 Å². The number of hydrogen-bond acceptors (Lipinski definition) is 3. The third kappa shape index (κ3) is 3.72.